The Morgan fingerprint density at radius 1 is 1.17 bits per heavy atom. The fourth-order valence-corrected chi connectivity index (χ4v) is 2.00. The second-order valence-corrected chi connectivity index (χ2v) is 4.98. The number of rotatable bonds is 5. The molecule has 7 N–H and O–H groups in total. The van der Waals surface area contributed by atoms with E-state index in [1.165, 1.54) is 6.08 Å². The Hall–Kier alpha value is -3.15. The zero-order valence-corrected chi connectivity index (χ0v) is 12.8. The van der Waals surface area contributed by atoms with E-state index in [1.54, 1.807) is 36.7 Å². The third-order valence-electron chi connectivity index (χ3n) is 3.24. The molecule has 0 aliphatic heterocycles. The number of pyridine rings is 1. The number of nitrogens with two attached hydrogens (primary N) is 3. The first-order valence-corrected chi connectivity index (χ1v) is 7.06. The van der Waals surface area contributed by atoms with E-state index in [2.05, 4.69) is 4.98 Å². The van der Waals surface area contributed by atoms with Crippen LogP contribution in [-0.2, 0) is 4.74 Å². The van der Waals surface area contributed by atoms with Crippen molar-refractivity contribution in [3.8, 4) is 5.75 Å². The summed E-state index contributed by atoms with van der Waals surface area (Å²) in [6.45, 7) is 1.85. The van der Waals surface area contributed by atoms with Gasteiger partial charge in [-0.1, -0.05) is 18.2 Å². The maximum Gasteiger partial charge on any atom is 0.161 e. The van der Waals surface area contributed by atoms with Crippen LogP contribution in [0.4, 0.5) is 0 Å². The minimum Gasteiger partial charge on any atom is -0.507 e. The van der Waals surface area contributed by atoms with Gasteiger partial charge in [-0.3, -0.25) is 4.98 Å². The molecule has 2 rings (SSSR count). The second kappa shape index (κ2) is 7.22. The summed E-state index contributed by atoms with van der Waals surface area (Å²) >= 11 is 0. The Morgan fingerprint density at radius 2 is 1.91 bits per heavy atom. The van der Waals surface area contributed by atoms with Crippen LogP contribution in [0.3, 0.4) is 0 Å². The quantitative estimate of drug-likeness (QED) is 0.494. The Balaban J connectivity index is 2.25. The number of aromatic nitrogens is 1. The number of nitrogens with zero attached hydrogens (tertiary/aromatic N) is 1. The van der Waals surface area contributed by atoms with Crippen LogP contribution >= 0.6 is 0 Å². The van der Waals surface area contributed by atoms with Crippen molar-refractivity contribution in [1.29, 1.82) is 0 Å². The average molecular weight is 312 g/mol. The van der Waals surface area contributed by atoms with Crippen LogP contribution in [-0.4, -0.2) is 10.1 Å². The summed E-state index contributed by atoms with van der Waals surface area (Å²) in [5, 5.41) is 9.84. The second-order valence-electron chi connectivity index (χ2n) is 4.98. The number of aromatic hydroxyl groups is 1. The van der Waals surface area contributed by atoms with Gasteiger partial charge in [0.05, 0.1) is 0 Å². The van der Waals surface area contributed by atoms with E-state index in [0.717, 1.165) is 5.56 Å². The number of benzene rings is 1. The van der Waals surface area contributed by atoms with Crippen LogP contribution in [0.15, 0.2) is 66.4 Å². The molecule has 1 atom stereocenters. The number of ether oxygens (including phenoxy) is 1. The normalized spacial score (nSPS) is 12.5. The molecule has 6 nitrogen and oxygen atoms in total. The van der Waals surface area contributed by atoms with Crippen LogP contribution < -0.4 is 17.2 Å². The predicted molar refractivity (Wildman–Crippen MR) is 89.4 cm³/mol. The molecular formula is C17H20N4O2. The first-order valence-electron chi connectivity index (χ1n) is 7.06. The first kappa shape index (κ1) is 16.2. The lowest BCUT2D eigenvalue weighted by Gasteiger charge is -2.17. The van der Waals surface area contributed by atoms with Gasteiger partial charge in [0.2, 0.25) is 0 Å². The van der Waals surface area contributed by atoms with Crippen LogP contribution in [0.5, 0.6) is 5.75 Å². The van der Waals surface area contributed by atoms with Crippen molar-refractivity contribution in [3.63, 3.8) is 0 Å². The highest BCUT2D eigenvalue weighted by molar-refractivity contribution is 5.69. The van der Waals surface area contributed by atoms with Gasteiger partial charge in [0, 0.05) is 35.3 Å². The summed E-state index contributed by atoms with van der Waals surface area (Å²) in [5.74, 6) is 0.303. The molecule has 0 bridgehead atoms. The van der Waals surface area contributed by atoms with E-state index in [-0.39, 0.29) is 23.4 Å². The number of hydrogen-bond donors (Lipinski definition) is 4. The van der Waals surface area contributed by atoms with Crippen molar-refractivity contribution < 1.29 is 9.84 Å². The zero-order valence-electron chi connectivity index (χ0n) is 12.8. The predicted octanol–water partition coefficient (Wildman–Crippen LogP) is 1.95. The zero-order chi connectivity index (χ0) is 16.8. The fourth-order valence-electron chi connectivity index (χ4n) is 2.00. The number of hydrogen-bond acceptors (Lipinski definition) is 6. The maximum absolute atomic E-state index is 9.84. The lowest BCUT2D eigenvalue weighted by atomic mass is 10.1. The summed E-state index contributed by atoms with van der Waals surface area (Å²) in [7, 11) is 0. The smallest absolute Gasteiger partial charge is 0.161 e. The van der Waals surface area contributed by atoms with E-state index in [4.69, 9.17) is 21.9 Å². The van der Waals surface area contributed by atoms with Gasteiger partial charge in [0.1, 0.15) is 17.7 Å². The minimum atomic E-state index is -0.311. The summed E-state index contributed by atoms with van der Waals surface area (Å²) in [6, 6.07) is 10.4. The highest BCUT2D eigenvalue weighted by atomic mass is 16.5. The maximum atomic E-state index is 9.84. The van der Waals surface area contributed by atoms with Crippen LogP contribution in [0, 0.1) is 0 Å². The molecule has 23 heavy (non-hydrogen) atoms. The van der Waals surface area contributed by atoms with E-state index >= 15 is 0 Å². The Labute approximate surface area is 134 Å². The van der Waals surface area contributed by atoms with Crippen molar-refractivity contribution >= 4 is 5.70 Å². The molecule has 1 aromatic carbocycles. The molecule has 6 heteroatoms. The molecule has 0 aliphatic carbocycles. The SMILES string of the molecule is CC(OC(/C=C(\N)c1ccccc1O)=C(N)N)c1cccnc1. The van der Waals surface area contributed by atoms with E-state index in [1.807, 2.05) is 19.1 Å². The molecule has 2 aromatic rings. The van der Waals surface area contributed by atoms with Crippen molar-refractivity contribution in [2.45, 2.75) is 13.0 Å². The molecule has 0 aliphatic rings. The average Bonchev–Trinajstić information content (AvgIpc) is 2.55. The summed E-state index contributed by atoms with van der Waals surface area (Å²) in [6.07, 6.45) is 4.57. The highest BCUT2D eigenvalue weighted by Crippen LogP contribution is 2.25. The third kappa shape index (κ3) is 4.16. The topological polar surface area (TPSA) is 120 Å². The number of phenols is 1. The Kier molecular flexibility index (Phi) is 5.09. The van der Waals surface area contributed by atoms with Gasteiger partial charge in [0.15, 0.2) is 5.76 Å². The lowest BCUT2D eigenvalue weighted by molar-refractivity contribution is 0.140. The van der Waals surface area contributed by atoms with E-state index in [0.29, 0.717) is 11.3 Å². The van der Waals surface area contributed by atoms with Gasteiger partial charge >= 0.3 is 0 Å². The lowest BCUT2D eigenvalue weighted by Crippen LogP contribution is -2.15. The molecule has 0 saturated carbocycles. The molecule has 1 heterocycles. The van der Waals surface area contributed by atoms with Gasteiger partial charge in [-0.2, -0.15) is 0 Å². The van der Waals surface area contributed by atoms with Gasteiger partial charge in [-0.15, -0.1) is 0 Å². The number of para-hydroxylation sites is 1. The highest BCUT2D eigenvalue weighted by Gasteiger charge is 2.12. The van der Waals surface area contributed by atoms with Crippen LogP contribution in [0.25, 0.3) is 5.70 Å². The molecule has 1 aromatic heterocycles. The first-order chi connectivity index (χ1) is 11.0. The van der Waals surface area contributed by atoms with Crippen molar-refractivity contribution in [1.82, 2.24) is 4.98 Å². The molecule has 0 radical (unpaired) electrons. The van der Waals surface area contributed by atoms with Crippen molar-refractivity contribution in [2.24, 2.45) is 17.2 Å². The van der Waals surface area contributed by atoms with Crippen molar-refractivity contribution in [3.05, 3.63) is 77.6 Å². The summed E-state index contributed by atoms with van der Waals surface area (Å²) in [4.78, 5) is 4.05. The largest absolute Gasteiger partial charge is 0.507 e. The molecule has 0 saturated heterocycles. The molecular weight excluding hydrogens is 292 g/mol. The van der Waals surface area contributed by atoms with Gasteiger partial charge < -0.3 is 27.0 Å². The third-order valence-corrected chi connectivity index (χ3v) is 3.24. The molecule has 0 spiro atoms. The van der Waals surface area contributed by atoms with E-state index < -0.39 is 0 Å². The number of phenolic OH excluding ortho intramolecular Hbond substituents is 1. The summed E-state index contributed by atoms with van der Waals surface area (Å²) < 4.78 is 5.78. The van der Waals surface area contributed by atoms with Crippen LogP contribution in [0.2, 0.25) is 0 Å². The Bertz CT molecular complexity index is 722. The van der Waals surface area contributed by atoms with Gasteiger partial charge in [-0.05, 0) is 25.1 Å². The molecule has 1 unspecified atom stereocenters. The minimum absolute atomic E-state index is 0.000823. The Morgan fingerprint density at radius 3 is 2.52 bits per heavy atom. The molecule has 0 fully saturated rings. The summed E-state index contributed by atoms with van der Waals surface area (Å²) in [5.41, 5.74) is 19.0. The van der Waals surface area contributed by atoms with E-state index in [9.17, 15) is 5.11 Å². The van der Waals surface area contributed by atoms with Crippen LogP contribution in [0.1, 0.15) is 24.2 Å². The molecule has 0 amide bonds. The van der Waals surface area contributed by atoms with Gasteiger partial charge in [0.25, 0.3) is 0 Å². The van der Waals surface area contributed by atoms with Crippen molar-refractivity contribution in [2.75, 3.05) is 0 Å². The fraction of sp³-hybridized carbons (Fsp3) is 0.118. The number of allylic oxidation sites excluding steroid dienone is 1. The standard InChI is InChI=1S/C17H20N4O2/c1-11(12-5-4-8-21-10-12)23-16(17(19)20)9-14(18)13-6-2-3-7-15(13)22/h2-11,22H,18-20H2,1H3/b14-9-. The molecule has 120 valence electrons. The van der Waals surface area contributed by atoms with Gasteiger partial charge in [-0.25, -0.2) is 0 Å². The monoisotopic (exact) mass is 312 g/mol.